The van der Waals surface area contributed by atoms with E-state index >= 15 is 0 Å². The van der Waals surface area contributed by atoms with Gasteiger partial charge in [0.15, 0.2) is 11.6 Å². The highest BCUT2D eigenvalue weighted by Crippen LogP contribution is 2.20. The van der Waals surface area contributed by atoms with Crippen molar-refractivity contribution in [2.24, 2.45) is 7.05 Å². The van der Waals surface area contributed by atoms with Gasteiger partial charge in [-0.25, -0.2) is 4.98 Å². The predicted octanol–water partition coefficient (Wildman–Crippen LogP) is 2.81. The molecule has 0 N–H and O–H groups in total. The SMILES string of the molecule is CCN(Cc1cn(C)nc1C)C(=O)c1nc(C(C)C)oc1C. The first-order valence-electron chi connectivity index (χ1n) is 7.59. The Hall–Kier alpha value is -2.11. The van der Waals surface area contributed by atoms with Crippen LogP contribution in [0.5, 0.6) is 0 Å². The second-order valence-electron chi connectivity index (χ2n) is 5.84. The van der Waals surface area contributed by atoms with Crippen molar-refractivity contribution in [2.45, 2.75) is 47.1 Å². The number of amides is 1. The third-order valence-corrected chi connectivity index (χ3v) is 3.65. The number of aryl methyl sites for hydroxylation is 3. The average molecular weight is 304 g/mol. The van der Waals surface area contributed by atoms with E-state index in [4.69, 9.17) is 4.42 Å². The molecule has 1 amide bonds. The highest BCUT2D eigenvalue weighted by molar-refractivity contribution is 5.93. The van der Waals surface area contributed by atoms with Crippen molar-refractivity contribution in [3.05, 3.63) is 34.8 Å². The number of oxazole rings is 1. The molecule has 0 unspecified atom stereocenters. The van der Waals surface area contributed by atoms with Crippen LogP contribution in [0, 0.1) is 13.8 Å². The molecule has 0 radical (unpaired) electrons. The molecule has 2 rings (SSSR count). The lowest BCUT2D eigenvalue weighted by Gasteiger charge is -2.19. The molecule has 6 nitrogen and oxygen atoms in total. The Morgan fingerprint density at radius 1 is 1.41 bits per heavy atom. The number of aromatic nitrogens is 3. The number of hydrogen-bond acceptors (Lipinski definition) is 4. The number of carbonyl (C=O) groups excluding carboxylic acids is 1. The van der Waals surface area contributed by atoms with Crippen molar-refractivity contribution in [1.82, 2.24) is 19.7 Å². The molecule has 2 aromatic heterocycles. The zero-order chi connectivity index (χ0) is 16.4. The Bertz CT molecular complexity index is 670. The lowest BCUT2D eigenvalue weighted by molar-refractivity contribution is 0.0745. The maximum atomic E-state index is 12.7. The molecule has 0 aliphatic rings. The summed E-state index contributed by atoms with van der Waals surface area (Å²) < 4.78 is 7.36. The third kappa shape index (κ3) is 3.21. The summed E-state index contributed by atoms with van der Waals surface area (Å²) in [5.41, 5.74) is 2.39. The maximum Gasteiger partial charge on any atom is 0.276 e. The van der Waals surface area contributed by atoms with E-state index in [1.807, 2.05) is 40.9 Å². The smallest absolute Gasteiger partial charge is 0.276 e. The van der Waals surface area contributed by atoms with Crippen molar-refractivity contribution < 1.29 is 9.21 Å². The first-order chi connectivity index (χ1) is 10.3. The van der Waals surface area contributed by atoms with Crippen LogP contribution in [0.4, 0.5) is 0 Å². The number of rotatable bonds is 5. The van der Waals surface area contributed by atoms with Crippen LogP contribution in [0.1, 0.15) is 60.1 Å². The Morgan fingerprint density at radius 2 is 2.09 bits per heavy atom. The fraction of sp³-hybridized carbons (Fsp3) is 0.562. The van der Waals surface area contributed by atoms with Crippen LogP contribution in [0.25, 0.3) is 0 Å². The molecule has 0 aliphatic heterocycles. The van der Waals surface area contributed by atoms with Crippen LogP contribution in [0.15, 0.2) is 10.6 Å². The summed E-state index contributed by atoms with van der Waals surface area (Å²) in [6.07, 6.45) is 1.94. The van der Waals surface area contributed by atoms with Gasteiger partial charge in [-0.2, -0.15) is 5.10 Å². The summed E-state index contributed by atoms with van der Waals surface area (Å²) in [6.45, 7) is 10.8. The molecular weight excluding hydrogens is 280 g/mol. The Balaban J connectivity index is 2.23. The molecule has 0 atom stereocenters. The molecule has 0 aliphatic carbocycles. The van der Waals surface area contributed by atoms with Gasteiger partial charge in [-0.05, 0) is 20.8 Å². The minimum atomic E-state index is -0.0982. The molecule has 0 aromatic carbocycles. The highest BCUT2D eigenvalue weighted by atomic mass is 16.4. The second kappa shape index (κ2) is 6.34. The van der Waals surface area contributed by atoms with E-state index in [-0.39, 0.29) is 11.8 Å². The van der Waals surface area contributed by atoms with E-state index in [2.05, 4.69) is 10.1 Å². The molecule has 0 saturated carbocycles. The van der Waals surface area contributed by atoms with Gasteiger partial charge in [0.25, 0.3) is 5.91 Å². The summed E-state index contributed by atoms with van der Waals surface area (Å²) in [6, 6.07) is 0. The zero-order valence-corrected chi connectivity index (χ0v) is 14.2. The molecule has 6 heteroatoms. The van der Waals surface area contributed by atoms with E-state index in [1.54, 1.807) is 16.5 Å². The minimum Gasteiger partial charge on any atom is -0.445 e. The van der Waals surface area contributed by atoms with E-state index < -0.39 is 0 Å². The molecule has 22 heavy (non-hydrogen) atoms. The van der Waals surface area contributed by atoms with Crippen molar-refractivity contribution in [3.8, 4) is 0 Å². The Morgan fingerprint density at radius 3 is 2.55 bits per heavy atom. The van der Waals surface area contributed by atoms with Gasteiger partial charge in [0, 0.05) is 37.8 Å². The van der Waals surface area contributed by atoms with Crippen LogP contribution in [-0.4, -0.2) is 32.1 Å². The topological polar surface area (TPSA) is 64.2 Å². The van der Waals surface area contributed by atoms with E-state index in [0.717, 1.165) is 11.3 Å². The van der Waals surface area contributed by atoms with Gasteiger partial charge in [-0.1, -0.05) is 13.8 Å². The summed E-state index contributed by atoms with van der Waals surface area (Å²) in [5, 5.41) is 4.32. The van der Waals surface area contributed by atoms with Crippen LogP contribution in [0.3, 0.4) is 0 Å². The first kappa shape index (κ1) is 16.3. The fourth-order valence-corrected chi connectivity index (χ4v) is 2.35. The van der Waals surface area contributed by atoms with Gasteiger partial charge >= 0.3 is 0 Å². The second-order valence-corrected chi connectivity index (χ2v) is 5.84. The van der Waals surface area contributed by atoms with Crippen molar-refractivity contribution >= 4 is 5.91 Å². The van der Waals surface area contributed by atoms with Crippen LogP contribution >= 0.6 is 0 Å². The first-order valence-corrected chi connectivity index (χ1v) is 7.59. The van der Waals surface area contributed by atoms with E-state index in [9.17, 15) is 4.79 Å². The molecule has 0 bridgehead atoms. The third-order valence-electron chi connectivity index (χ3n) is 3.65. The predicted molar refractivity (Wildman–Crippen MR) is 83.7 cm³/mol. The van der Waals surface area contributed by atoms with Gasteiger partial charge in [0.05, 0.1) is 5.69 Å². The molecule has 2 heterocycles. The molecule has 0 fully saturated rings. The van der Waals surface area contributed by atoms with Crippen LogP contribution in [0.2, 0.25) is 0 Å². The average Bonchev–Trinajstić information content (AvgIpc) is 2.98. The Labute approximate surface area is 131 Å². The lowest BCUT2D eigenvalue weighted by Crippen LogP contribution is -2.31. The van der Waals surface area contributed by atoms with Crippen LogP contribution < -0.4 is 0 Å². The number of hydrogen-bond donors (Lipinski definition) is 0. The zero-order valence-electron chi connectivity index (χ0n) is 14.2. The highest BCUT2D eigenvalue weighted by Gasteiger charge is 2.23. The largest absolute Gasteiger partial charge is 0.445 e. The molecule has 0 saturated heterocycles. The standard InChI is InChI=1S/C16H24N4O2/c1-7-20(9-13-8-19(6)18-11(13)4)16(21)14-12(5)22-15(17-14)10(2)3/h8,10H,7,9H2,1-6H3. The van der Waals surface area contributed by atoms with Gasteiger partial charge in [0.1, 0.15) is 5.76 Å². The van der Waals surface area contributed by atoms with Gasteiger partial charge < -0.3 is 9.32 Å². The quantitative estimate of drug-likeness (QED) is 0.852. The van der Waals surface area contributed by atoms with E-state index in [0.29, 0.717) is 30.4 Å². The van der Waals surface area contributed by atoms with Gasteiger partial charge in [0.2, 0.25) is 0 Å². The summed E-state index contributed by atoms with van der Waals surface area (Å²) in [5.74, 6) is 1.25. The van der Waals surface area contributed by atoms with Crippen LogP contribution in [-0.2, 0) is 13.6 Å². The fourth-order valence-electron chi connectivity index (χ4n) is 2.35. The monoisotopic (exact) mass is 304 g/mol. The molecular formula is C16H24N4O2. The van der Waals surface area contributed by atoms with Crippen molar-refractivity contribution in [3.63, 3.8) is 0 Å². The lowest BCUT2D eigenvalue weighted by atomic mass is 10.2. The number of carbonyl (C=O) groups is 1. The molecule has 2 aromatic rings. The van der Waals surface area contributed by atoms with Crippen molar-refractivity contribution in [2.75, 3.05) is 6.54 Å². The molecule has 120 valence electrons. The van der Waals surface area contributed by atoms with Gasteiger partial charge in [-0.3, -0.25) is 9.48 Å². The van der Waals surface area contributed by atoms with E-state index in [1.165, 1.54) is 0 Å². The van der Waals surface area contributed by atoms with Crippen molar-refractivity contribution in [1.29, 1.82) is 0 Å². The summed E-state index contributed by atoms with van der Waals surface area (Å²) in [7, 11) is 1.88. The molecule has 0 spiro atoms. The minimum absolute atomic E-state index is 0.0982. The summed E-state index contributed by atoms with van der Waals surface area (Å²) >= 11 is 0. The number of nitrogens with zero attached hydrogens (tertiary/aromatic N) is 4. The normalized spacial score (nSPS) is 11.2. The van der Waals surface area contributed by atoms with Gasteiger partial charge in [-0.15, -0.1) is 0 Å². The maximum absolute atomic E-state index is 12.7. The Kier molecular flexibility index (Phi) is 4.68. The summed E-state index contributed by atoms with van der Waals surface area (Å²) in [4.78, 5) is 18.9.